The number of hydrogen-bond acceptors (Lipinski definition) is 3. The van der Waals surface area contributed by atoms with Crippen LogP contribution in [-0.2, 0) is 0 Å². The Hall–Kier alpha value is -1.06. The molecule has 96 valence electrons. The molecular formula is C13H21ClN2O. The van der Waals surface area contributed by atoms with Gasteiger partial charge in [0.15, 0.2) is 5.78 Å². The van der Waals surface area contributed by atoms with Crippen LogP contribution in [0.5, 0.6) is 0 Å². The molecule has 0 spiro atoms. The number of ketones is 1. The fourth-order valence-electron chi connectivity index (χ4n) is 2.00. The van der Waals surface area contributed by atoms with Gasteiger partial charge in [0.25, 0.3) is 0 Å². The van der Waals surface area contributed by atoms with Crippen molar-refractivity contribution in [1.82, 2.24) is 4.90 Å². The lowest BCUT2D eigenvalue weighted by atomic mass is 9.94. The molecule has 0 aliphatic carbocycles. The number of carbonyl (C=O) groups is 1. The topological polar surface area (TPSA) is 46.3 Å². The maximum Gasteiger partial charge on any atom is 0.177 e. The number of nitrogen functional groups attached to an aromatic ring is 1. The molecule has 0 amide bonds. The highest BCUT2D eigenvalue weighted by Crippen LogP contribution is 2.24. The summed E-state index contributed by atoms with van der Waals surface area (Å²) in [6.07, 6.45) is 0. The molecule has 0 saturated carbocycles. The highest BCUT2D eigenvalue weighted by atomic mass is 35.5. The molecule has 4 heteroatoms. The van der Waals surface area contributed by atoms with E-state index in [0.29, 0.717) is 6.54 Å². The van der Waals surface area contributed by atoms with E-state index in [9.17, 15) is 4.79 Å². The van der Waals surface area contributed by atoms with Gasteiger partial charge in [0, 0.05) is 11.3 Å². The van der Waals surface area contributed by atoms with Gasteiger partial charge in [0.1, 0.15) is 0 Å². The zero-order valence-corrected chi connectivity index (χ0v) is 11.9. The van der Waals surface area contributed by atoms with Crippen molar-refractivity contribution in [2.45, 2.75) is 20.8 Å². The number of rotatable bonds is 3. The van der Waals surface area contributed by atoms with Crippen molar-refractivity contribution < 1.29 is 4.79 Å². The van der Waals surface area contributed by atoms with Crippen molar-refractivity contribution in [3.05, 3.63) is 28.3 Å². The molecule has 0 unspecified atom stereocenters. The summed E-state index contributed by atoms with van der Waals surface area (Å²) in [6.45, 7) is 6.26. The molecule has 1 aromatic rings. The third-order valence-electron chi connectivity index (χ3n) is 2.77. The number of aryl methyl sites for hydroxylation is 2. The van der Waals surface area contributed by atoms with Gasteiger partial charge < -0.3 is 10.6 Å². The van der Waals surface area contributed by atoms with E-state index in [4.69, 9.17) is 5.73 Å². The quantitative estimate of drug-likeness (QED) is 0.667. The van der Waals surface area contributed by atoms with Gasteiger partial charge in [-0.2, -0.15) is 0 Å². The van der Waals surface area contributed by atoms with Crippen LogP contribution in [0.2, 0.25) is 0 Å². The number of likely N-dealkylation sites (N-methyl/N-ethyl adjacent to an activating group) is 1. The summed E-state index contributed by atoms with van der Waals surface area (Å²) in [5, 5.41) is 0. The Morgan fingerprint density at radius 3 is 2.24 bits per heavy atom. The lowest BCUT2D eigenvalue weighted by Crippen LogP contribution is -2.23. The minimum Gasteiger partial charge on any atom is -0.398 e. The van der Waals surface area contributed by atoms with Crippen LogP contribution in [0.25, 0.3) is 0 Å². The molecule has 0 bridgehead atoms. The van der Waals surface area contributed by atoms with E-state index in [-0.39, 0.29) is 18.2 Å². The highest BCUT2D eigenvalue weighted by molar-refractivity contribution is 6.01. The monoisotopic (exact) mass is 256 g/mol. The van der Waals surface area contributed by atoms with E-state index >= 15 is 0 Å². The number of nitrogens with zero attached hydrogens (tertiary/aromatic N) is 1. The molecule has 2 N–H and O–H groups in total. The van der Waals surface area contributed by atoms with Gasteiger partial charge >= 0.3 is 0 Å². The van der Waals surface area contributed by atoms with Crippen molar-refractivity contribution in [3.63, 3.8) is 0 Å². The molecule has 0 saturated heterocycles. The molecule has 0 heterocycles. The van der Waals surface area contributed by atoms with Crippen LogP contribution in [0.4, 0.5) is 5.69 Å². The normalized spacial score (nSPS) is 10.2. The number of benzene rings is 1. The highest BCUT2D eigenvalue weighted by Gasteiger charge is 2.16. The third kappa shape index (κ3) is 3.45. The van der Waals surface area contributed by atoms with Gasteiger partial charge in [-0.25, -0.2) is 0 Å². The van der Waals surface area contributed by atoms with Gasteiger partial charge in [0.2, 0.25) is 0 Å². The molecular weight excluding hydrogens is 236 g/mol. The molecule has 0 aliphatic heterocycles. The van der Waals surface area contributed by atoms with E-state index in [0.717, 1.165) is 27.9 Å². The van der Waals surface area contributed by atoms with Crippen molar-refractivity contribution in [1.29, 1.82) is 0 Å². The standard InChI is InChI=1S/C13H20N2O.ClH/c1-8-6-9(2)13(14)10(3)12(8)11(16)7-15(4)5;/h6H,7,14H2,1-5H3;1H. The minimum absolute atomic E-state index is 0. The maximum absolute atomic E-state index is 12.1. The SMILES string of the molecule is Cc1cc(C)c(C(=O)CN(C)C)c(C)c1N.Cl. The first-order valence-corrected chi connectivity index (χ1v) is 5.38. The number of carbonyl (C=O) groups excluding carboxylic acids is 1. The van der Waals surface area contributed by atoms with Crippen LogP contribution in [0, 0.1) is 20.8 Å². The van der Waals surface area contributed by atoms with Crippen molar-refractivity contribution in [2.75, 3.05) is 26.4 Å². The van der Waals surface area contributed by atoms with Gasteiger partial charge in [-0.3, -0.25) is 4.79 Å². The van der Waals surface area contributed by atoms with E-state index in [1.807, 2.05) is 45.8 Å². The average Bonchev–Trinajstić information content (AvgIpc) is 2.13. The summed E-state index contributed by atoms with van der Waals surface area (Å²) < 4.78 is 0. The fourth-order valence-corrected chi connectivity index (χ4v) is 2.00. The third-order valence-corrected chi connectivity index (χ3v) is 2.77. The van der Waals surface area contributed by atoms with Crippen LogP contribution < -0.4 is 5.73 Å². The Bertz CT molecular complexity index is 428. The Morgan fingerprint density at radius 2 is 1.76 bits per heavy atom. The molecule has 3 nitrogen and oxygen atoms in total. The van der Waals surface area contributed by atoms with Crippen LogP contribution in [-0.4, -0.2) is 31.3 Å². The second-order valence-corrected chi connectivity index (χ2v) is 4.58. The summed E-state index contributed by atoms with van der Waals surface area (Å²) >= 11 is 0. The largest absolute Gasteiger partial charge is 0.398 e. The number of anilines is 1. The summed E-state index contributed by atoms with van der Waals surface area (Å²) in [7, 11) is 3.78. The van der Waals surface area contributed by atoms with E-state index in [1.165, 1.54) is 0 Å². The predicted molar refractivity (Wildman–Crippen MR) is 75.2 cm³/mol. The molecule has 0 aromatic heterocycles. The summed E-state index contributed by atoms with van der Waals surface area (Å²) in [5.41, 5.74) is 10.4. The zero-order valence-electron chi connectivity index (χ0n) is 11.1. The lowest BCUT2D eigenvalue weighted by Gasteiger charge is -2.15. The fraction of sp³-hybridized carbons (Fsp3) is 0.462. The second kappa shape index (κ2) is 6.03. The van der Waals surface area contributed by atoms with E-state index in [1.54, 1.807) is 0 Å². The van der Waals surface area contributed by atoms with Gasteiger partial charge in [-0.05, 0) is 51.6 Å². The van der Waals surface area contributed by atoms with E-state index in [2.05, 4.69) is 0 Å². The summed E-state index contributed by atoms with van der Waals surface area (Å²) in [6, 6.07) is 1.98. The molecule has 1 rings (SSSR count). The first-order chi connectivity index (χ1) is 7.34. The first-order valence-electron chi connectivity index (χ1n) is 5.38. The van der Waals surface area contributed by atoms with Crippen LogP contribution >= 0.6 is 12.4 Å². The molecule has 0 radical (unpaired) electrons. The van der Waals surface area contributed by atoms with Crippen molar-refractivity contribution in [2.24, 2.45) is 0 Å². The first kappa shape index (κ1) is 15.9. The Morgan fingerprint density at radius 1 is 1.24 bits per heavy atom. The smallest absolute Gasteiger partial charge is 0.177 e. The molecule has 17 heavy (non-hydrogen) atoms. The molecule has 0 fully saturated rings. The number of halogens is 1. The van der Waals surface area contributed by atoms with Crippen LogP contribution in [0.3, 0.4) is 0 Å². The second-order valence-electron chi connectivity index (χ2n) is 4.58. The van der Waals surface area contributed by atoms with Crippen molar-refractivity contribution in [3.8, 4) is 0 Å². The summed E-state index contributed by atoms with van der Waals surface area (Å²) in [5.74, 6) is 0.131. The average molecular weight is 257 g/mol. The Labute approximate surface area is 109 Å². The van der Waals surface area contributed by atoms with Gasteiger partial charge in [-0.1, -0.05) is 6.07 Å². The zero-order chi connectivity index (χ0) is 12.5. The Balaban J connectivity index is 0.00000256. The predicted octanol–water partition coefficient (Wildman–Crippen LogP) is 2.36. The molecule has 0 aliphatic rings. The molecule has 0 atom stereocenters. The van der Waals surface area contributed by atoms with Crippen LogP contribution in [0.15, 0.2) is 6.07 Å². The maximum atomic E-state index is 12.1. The molecule has 1 aromatic carbocycles. The minimum atomic E-state index is 0. The number of nitrogens with two attached hydrogens (primary N) is 1. The van der Waals surface area contributed by atoms with Gasteiger partial charge in [0.05, 0.1) is 6.54 Å². The van der Waals surface area contributed by atoms with Gasteiger partial charge in [-0.15, -0.1) is 12.4 Å². The lowest BCUT2D eigenvalue weighted by molar-refractivity contribution is 0.0956. The van der Waals surface area contributed by atoms with Crippen molar-refractivity contribution >= 4 is 23.9 Å². The Kier molecular flexibility index (Phi) is 5.66. The number of Topliss-reactive ketones (excluding diaryl/α,β-unsaturated/α-hetero) is 1. The summed E-state index contributed by atoms with van der Waals surface area (Å²) in [4.78, 5) is 13.9. The number of hydrogen-bond donors (Lipinski definition) is 1. The van der Waals surface area contributed by atoms with Crippen LogP contribution in [0.1, 0.15) is 27.0 Å². The van der Waals surface area contributed by atoms with E-state index < -0.39 is 0 Å².